The summed E-state index contributed by atoms with van der Waals surface area (Å²) in [5.74, 6) is 1.05. The van der Waals surface area contributed by atoms with Crippen LogP contribution in [0.5, 0.6) is 0 Å². The molecule has 1 aromatic rings. The topological polar surface area (TPSA) is 42.7 Å². The fourth-order valence-electron chi connectivity index (χ4n) is 1.20. The molecule has 0 saturated carbocycles. The Balaban J connectivity index is 2.35. The number of nitrogens with zero attached hydrogens (tertiary/aromatic N) is 3. The highest BCUT2D eigenvalue weighted by Crippen LogP contribution is 2.15. The molecule has 0 aliphatic heterocycles. The average molecular weight is 214 g/mol. The Morgan fingerprint density at radius 1 is 1.57 bits per heavy atom. The van der Waals surface area contributed by atoms with E-state index in [2.05, 4.69) is 29.2 Å². The summed E-state index contributed by atoms with van der Waals surface area (Å²) >= 11 is 1.75. The maximum Gasteiger partial charge on any atom is 0.185 e. The molecule has 80 valence electrons. The quantitative estimate of drug-likeness (QED) is 0.725. The molecule has 1 aromatic heterocycles. The lowest BCUT2D eigenvalue weighted by molar-refractivity contribution is 0.559. The zero-order valence-corrected chi connectivity index (χ0v) is 9.84. The Kier molecular flexibility index (Phi) is 4.97. The molecular formula is C9H18N4S. The number of aryl methyl sites for hydroxylation is 1. The molecule has 4 nitrogen and oxygen atoms in total. The van der Waals surface area contributed by atoms with E-state index in [4.69, 9.17) is 0 Å². The first kappa shape index (κ1) is 11.5. The Labute approximate surface area is 89.5 Å². The first-order valence-corrected chi connectivity index (χ1v) is 5.96. The Bertz CT molecular complexity index is 261. The van der Waals surface area contributed by atoms with E-state index in [-0.39, 0.29) is 0 Å². The standard InChI is InChI=1S/C9H18N4S/c1-4-8(10-5-2)6-14-9-11-7-12-13(9)3/h7-8,10H,4-6H2,1-3H3. The van der Waals surface area contributed by atoms with E-state index in [9.17, 15) is 0 Å². The van der Waals surface area contributed by atoms with Crippen LogP contribution in [-0.4, -0.2) is 33.1 Å². The van der Waals surface area contributed by atoms with Crippen molar-refractivity contribution in [2.24, 2.45) is 7.05 Å². The summed E-state index contributed by atoms with van der Waals surface area (Å²) < 4.78 is 1.81. The maximum absolute atomic E-state index is 4.17. The largest absolute Gasteiger partial charge is 0.313 e. The van der Waals surface area contributed by atoms with Gasteiger partial charge in [0.15, 0.2) is 5.16 Å². The highest BCUT2D eigenvalue weighted by molar-refractivity contribution is 7.99. The molecule has 0 amide bonds. The van der Waals surface area contributed by atoms with Crippen LogP contribution >= 0.6 is 11.8 Å². The fourth-order valence-corrected chi connectivity index (χ4v) is 2.26. The molecule has 1 N–H and O–H groups in total. The number of hydrogen-bond acceptors (Lipinski definition) is 4. The molecule has 0 aliphatic carbocycles. The summed E-state index contributed by atoms with van der Waals surface area (Å²) in [6.45, 7) is 5.36. The van der Waals surface area contributed by atoms with Gasteiger partial charge in [0.1, 0.15) is 6.33 Å². The Morgan fingerprint density at radius 2 is 2.36 bits per heavy atom. The van der Waals surface area contributed by atoms with Crippen molar-refractivity contribution in [3.05, 3.63) is 6.33 Å². The Morgan fingerprint density at radius 3 is 2.86 bits per heavy atom. The van der Waals surface area contributed by atoms with E-state index < -0.39 is 0 Å². The predicted octanol–water partition coefficient (Wildman–Crippen LogP) is 1.30. The summed E-state index contributed by atoms with van der Waals surface area (Å²) in [4.78, 5) is 4.17. The van der Waals surface area contributed by atoms with E-state index in [1.165, 1.54) is 0 Å². The van der Waals surface area contributed by atoms with Crippen LogP contribution in [0.25, 0.3) is 0 Å². The van der Waals surface area contributed by atoms with Gasteiger partial charge < -0.3 is 5.32 Å². The van der Waals surface area contributed by atoms with Crippen molar-refractivity contribution in [1.82, 2.24) is 20.1 Å². The number of thioether (sulfide) groups is 1. The first-order valence-electron chi connectivity index (χ1n) is 4.98. The van der Waals surface area contributed by atoms with E-state index >= 15 is 0 Å². The van der Waals surface area contributed by atoms with Gasteiger partial charge in [-0.2, -0.15) is 5.10 Å². The van der Waals surface area contributed by atoms with Crippen molar-refractivity contribution in [3.63, 3.8) is 0 Å². The van der Waals surface area contributed by atoms with Crippen molar-refractivity contribution in [1.29, 1.82) is 0 Å². The van der Waals surface area contributed by atoms with Crippen LogP contribution in [0.15, 0.2) is 11.5 Å². The maximum atomic E-state index is 4.17. The zero-order valence-electron chi connectivity index (χ0n) is 9.03. The van der Waals surface area contributed by atoms with Gasteiger partial charge in [-0.15, -0.1) is 0 Å². The normalized spacial score (nSPS) is 13.1. The molecule has 5 heteroatoms. The molecule has 0 fully saturated rings. The van der Waals surface area contributed by atoms with Crippen molar-refractivity contribution in [2.75, 3.05) is 12.3 Å². The van der Waals surface area contributed by atoms with Crippen LogP contribution < -0.4 is 5.32 Å². The van der Waals surface area contributed by atoms with Gasteiger partial charge in [-0.3, -0.25) is 0 Å². The average Bonchev–Trinajstić information content (AvgIpc) is 2.59. The minimum atomic E-state index is 0.571. The second-order valence-electron chi connectivity index (χ2n) is 3.14. The van der Waals surface area contributed by atoms with Gasteiger partial charge in [-0.25, -0.2) is 9.67 Å². The van der Waals surface area contributed by atoms with Crippen LogP contribution in [0.2, 0.25) is 0 Å². The highest BCUT2D eigenvalue weighted by Gasteiger charge is 2.07. The molecule has 0 aliphatic rings. The molecule has 1 rings (SSSR count). The van der Waals surface area contributed by atoms with Gasteiger partial charge >= 0.3 is 0 Å². The minimum absolute atomic E-state index is 0.571. The van der Waals surface area contributed by atoms with Gasteiger partial charge in [-0.1, -0.05) is 25.6 Å². The number of nitrogens with one attached hydrogen (secondary N) is 1. The fraction of sp³-hybridized carbons (Fsp3) is 0.778. The van der Waals surface area contributed by atoms with Gasteiger partial charge in [-0.05, 0) is 13.0 Å². The summed E-state index contributed by atoms with van der Waals surface area (Å²) in [5.41, 5.74) is 0. The van der Waals surface area contributed by atoms with E-state index in [1.54, 1.807) is 18.1 Å². The molecular weight excluding hydrogens is 196 g/mol. The SMILES string of the molecule is CCNC(CC)CSc1ncnn1C. The predicted molar refractivity (Wildman–Crippen MR) is 59.5 cm³/mol. The summed E-state index contributed by atoms with van der Waals surface area (Å²) in [5, 5.41) is 8.45. The van der Waals surface area contributed by atoms with Gasteiger partial charge in [0.2, 0.25) is 0 Å². The second-order valence-corrected chi connectivity index (χ2v) is 4.13. The molecule has 1 atom stereocenters. The molecule has 1 unspecified atom stereocenters. The summed E-state index contributed by atoms with van der Waals surface area (Å²) in [7, 11) is 1.92. The first-order chi connectivity index (χ1) is 6.77. The number of hydrogen-bond donors (Lipinski definition) is 1. The monoisotopic (exact) mass is 214 g/mol. The number of rotatable bonds is 6. The lowest BCUT2D eigenvalue weighted by Crippen LogP contribution is -2.30. The third-order valence-electron chi connectivity index (χ3n) is 2.07. The van der Waals surface area contributed by atoms with Crippen LogP contribution in [0, 0.1) is 0 Å². The van der Waals surface area contributed by atoms with Crippen LogP contribution in [0.3, 0.4) is 0 Å². The molecule has 0 saturated heterocycles. The van der Waals surface area contributed by atoms with E-state index in [0.29, 0.717) is 6.04 Å². The molecule has 0 bridgehead atoms. The van der Waals surface area contributed by atoms with Crippen molar-refractivity contribution >= 4 is 11.8 Å². The zero-order chi connectivity index (χ0) is 10.4. The minimum Gasteiger partial charge on any atom is -0.313 e. The Hall–Kier alpha value is -0.550. The van der Waals surface area contributed by atoms with Gasteiger partial charge in [0.25, 0.3) is 0 Å². The third kappa shape index (κ3) is 3.31. The van der Waals surface area contributed by atoms with Crippen LogP contribution in [-0.2, 0) is 7.05 Å². The van der Waals surface area contributed by atoms with E-state index in [0.717, 1.165) is 23.9 Å². The van der Waals surface area contributed by atoms with Crippen molar-refractivity contribution < 1.29 is 0 Å². The molecule has 14 heavy (non-hydrogen) atoms. The highest BCUT2D eigenvalue weighted by atomic mass is 32.2. The summed E-state index contributed by atoms with van der Waals surface area (Å²) in [6.07, 6.45) is 2.75. The van der Waals surface area contributed by atoms with Crippen molar-refractivity contribution in [2.45, 2.75) is 31.5 Å². The van der Waals surface area contributed by atoms with Gasteiger partial charge in [0.05, 0.1) is 0 Å². The lowest BCUT2D eigenvalue weighted by Gasteiger charge is -2.14. The summed E-state index contributed by atoms with van der Waals surface area (Å²) in [6, 6.07) is 0.571. The molecule has 1 heterocycles. The van der Waals surface area contributed by atoms with Gasteiger partial charge in [0, 0.05) is 18.8 Å². The molecule has 0 spiro atoms. The van der Waals surface area contributed by atoms with E-state index in [1.807, 2.05) is 11.7 Å². The second kappa shape index (κ2) is 6.03. The lowest BCUT2D eigenvalue weighted by atomic mass is 10.2. The van der Waals surface area contributed by atoms with Crippen molar-refractivity contribution in [3.8, 4) is 0 Å². The number of aromatic nitrogens is 3. The molecule has 0 aromatic carbocycles. The van der Waals surface area contributed by atoms with Crippen LogP contribution in [0.4, 0.5) is 0 Å². The smallest absolute Gasteiger partial charge is 0.185 e. The third-order valence-corrected chi connectivity index (χ3v) is 3.27. The van der Waals surface area contributed by atoms with Crippen LogP contribution in [0.1, 0.15) is 20.3 Å². The molecule has 0 radical (unpaired) electrons.